The summed E-state index contributed by atoms with van der Waals surface area (Å²) < 4.78 is 0. The van der Waals surface area contributed by atoms with Crippen LogP contribution in [0, 0.1) is 0 Å². The van der Waals surface area contributed by atoms with Gasteiger partial charge in [-0.05, 0) is 54.8 Å². The monoisotopic (exact) mass is 328 g/mol. The van der Waals surface area contributed by atoms with Crippen LogP contribution in [0.1, 0.15) is 53.0 Å². The number of piperidine rings is 1. The van der Waals surface area contributed by atoms with Crippen LogP contribution in [0.2, 0.25) is 0 Å². The third-order valence-electron chi connectivity index (χ3n) is 4.25. The summed E-state index contributed by atoms with van der Waals surface area (Å²) in [6.45, 7) is 2.35. The molecule has 1 aliphatic rings. The molecule has 1 fully saturated rings. The van der Waals surface area contributed by atoms with Crippen molar-refractivity contribution in [2.45, 2.75) is 38.6 Å². The van der Waals surface area contributed by atoms with E-state index in [1.165, 1.54) is 11.3 Å². The molecule has 0 N–H and O–H groups in total. The lowest BCUT2D eigenvalue weighted by atomic mass is 9.95. The van der Waals surface area contributed by atoms with Crippen LogP contribution in [0.15, 0.2) is 36.0 Å². The number of thiophene rings is 1. The fourth-order valence-corrected chi connectivity index (χ4v) is 3.89. The Morgan fingerprint density at radius 1 is 1.39 bits per heavy atom. The Morgan fingerprint density at radius 3 is 2.96 bits per heavy atom. The molecule has 0 unspecified atom stereocenters. The minimum absolute atomic E-state index is 0.0555. The zero-order chi connectivity index (χ0) is 16.2. The number of ketones is 1. The van der Waals surface area contributed by atoms with Crippen molar-refractivity contribution >= 4 is 23.0 Å². The molecular formula is C18H20N2O2S. The van der Waals surface area contributed by atoms with Gasteiger partial charge >= 0.3 is 0 Å². The van der Waals surface area contributed by atoms with E-state index in [0.717, 1.165) is 41.8 Å². The van der Waals surface area contributed by atoms with Crippen LogP contribution in [0.5, 0.6) is 0 Å². The topological polar surface area (TPSA) is 50.3 Å². The molecule has 3 rings (SSSR count). The van der Waals surface area contributed by atoms with E-state index in [9.17, 15) is 9.59 Å². The molecule has 0 aliphatic carbocycles. The fourth-order valence-electron chi connectivity index (χ4n) is 3.08. The van der Waals surface area contributed by atoms with Crippen molar-refractivity contribution in [2.75, 3.05) is 6.54 Å². The van der Waals surface area contributed by atoms with E-state index >= 15 is 0 Å². The van der Waals surface area contributed by atoms with E-state index in [1.807, 2.05) is 34.7 Å². The quantitative estimate of drug-likeness (QED) is 0.805. The van der Waals surface area contributed by atoms with Gasteiger partial charge in [-0.15, -0.1) is 11.3 Å². The summed E-state index contributed by atoms with van der Waals surface area (Å²) in [5.41, 5.74) is 2.04. The Kier molecular flexibility index (Phi) is 4.86. The second-order valence-electron chi connectivity index (χ2n) is 5.94. The van der Waals surface area contributed by atoms with Crippen molar-refractivity contribution in [1.29, 1.82) is 0 Å². The Morgan fingerprint density at radius 2 is 2.26 bits per heavy atom. The van der Waals surface area contributed by atoms with Crippen LogP contribution in [0.4, 0.5) is 0 Å². The van der Waals surface area contributed by atoms with Crippen LogP contribution < -0.4 is 0 Å². The summed E-state index contributed by atoms with van der Waals surface area (Å²) in [6, 6.07) is 5.93. The molecule has 0 radical (unpaired) electrons. The van der Waals surface area contributed by atoms with Crippen molar-refractivity contribution in [2.24, 2.45) is 0 Å². The number of Topliss-reactive ketones (excluding diaryl/α,β-unsaturated/α-hetero) is 1. The molecule has 0 saturated carbocycles. The van der Waals surface area contributed by atoms with Crippen LogP contribution in [0.3, 0.4) is 0 Å². The minimum atomic E-state index is 0.0555. The lowest BCUT2D eigenvalue weighted by Crippen LogP contribution is -2.39. The number of hydrogen-bond acceptors (Lipinski definition) is 4. The zero-order valence-electron chi connectivity index (χ0n) is 13.2. The van der Waals surface area contributed by atoms with Crippen LogP contribution in [0.25, 0.3) is 0 Å². The number of carbonyl (C=O) groups is 2. The second-order valence-corrected chi connectivity index (χ2v) is 6.85. The highest BCUT2D eigenvalue weighted by Gasteiger charge is 2.28. The molecule has 2 aromatic heterocycles. The van der Waals surface area contributed by atoms with Gasteiger partial charge < -0.3 is 4.90 Å². The van der Waals surface area contributed by atoms with Gasteiger partial charge in [-0.2, -0.15) is 0 Å². The standard InChI is InChI=1S/C18H20N2O2S/c1-13(21)17-9-14(12-23-17)10-18(22)20-8-3-2-6-16(20)15-5-4-7-19-11-15/h4-5,7,9,11-12,16H,2-3,6,8,10H2,1H3/t16-/m0/s1. The summed E-state index contributed by atoms with van der Waals surface area (Å²) in [7, 11) is 0. The van der Waals surface area contributed by atoms with Gasteiger partial charge in [0.2, 0.25) is 5.91 Å². The Balaban J connectivity index is 1.74. The van der Waals surface area contributed by atoms with Gasteiger partial charge in [0.1, 0.15) is 0 Å². The summed E-state index contributed by atoms with van der Waals surface area (Å²) >= 11 is 1.41. The number of likely N-dealkylation sites (tertiary alicyclic amines) is 1. The molecule has 1 atom stereocenters. The minimum Gasteiger partial charge on any atom is -0.335 e. The summed E-state index contributed by atoms with van der Waals surface area (Å²) in [5, 5.41) is 1.91. The first-order chi connectivity index (χ1) is 11.1. The van der Waals surface area contributed by atoms with Crippen molar-refractivity contribution in [1.82, 2.24) is 9.88 Å². The van der Waals surface area contributed by atoms with E-state index < -0.39 is 0 Å². The maximum absolute atomic E-state index is 12.8. The predicted octanol–water partition coefficient (Wildman–Crippen LogP) is 3.64. The summed E-state index contributed by atoms with van der Waals surface area (Å²) in [4.78, 5) is 31.0. The first-order valence-corrected chi connectivity index (χ1v) is 8.81. The number of carbonyl (C=O) groups excluding carboxylic acids is 2. The van der Waals surface area contributed by atoms with Gasteiger partial charge in [0.25, 0.3) is 0 Å². The lowest BCUT2D eigenvalue weighted by Gasteiger charge is -2.36. The number of rotatable bonds is 4. The van der Waals surface area contributed by atoms with Crippen molar-refractivity contribution in [3.8, 4) is 0 Å². The number of amides is 1. The highest BCUT2D eigenvalue weighted by molar-refractivity contribution is 7.12. The van der Waals surface area contributed by atoms with E-state index in [2.05, 4.69) is 4.98 Å². The molecule has 2 aromatic rings. The van der Waals surface area contributed by atoms with Gasteiger partial charge in [-0.25, -0.2) is 0 Å². The van der Waals surface area contributed by atoms with E-state index in [-0.39, 0.29) is 17.7 Å². The first-order valence-electron chi connectivity index (χ1n) is 7.93. The second kappa shape index (κ2) is 7.04. The highest BCUT2D eigenvalue weighted by Crippen LogP contribution is 2.31. The first kappa shape index (κ1) is 15.9. The number of aromatic nitrogens is 1. The summed E-state index contributed by atoms with van der Waals surface area (Å²) in [5.74, 6) is 0.186. The average molecular weight is 328 g/mol. The van der Waals surface area contributed by atoms with Crippen LogP contribution in [-0.4, -0.2) is 28.1 Å². The molecule has 1 saturated heterocycles. The largest absolute Gasteiger partial charge is 0.335 e. The van der Waals surface area contributed by atoms with Gasteiger partial charge in [0.05, 0.1) is 17.3 Å². The Labute approximate surface area is 140 Å². The Hall–Kier alpha value is -2.01. The van der Waals surface area contributed by atoms with Crippen LogP contribution in [-0.2, 0) is 11.2 Å². The molecule has 5 heteroatoms. The third kappa shape index (κ3) is 3.67. The van der Waals surface area contributed by atoms with Crippen molar-refractivity contribution in [3.63, 3.8) is 0 Å². The molecule has 0 bridgehead atoms. The molecule has 0 spiro atoms. The molecule has 1 aliphatic heterocycles. The maximum atomic E-state index is 12.8. The van der Waals surface area contributed by atoms with E-state index in [0.29, 0.717) is 6.42 Å². The molecule has 23 heavy (non-hydrogen) atoms. The zero-order valence-corrected chi connectivity index (χ0v) is 14.0. The van der Waals surface area contributed by atoms with E-state index in [4.69, 9.17) is 0 Å². The number of nitrogens with zero attached hydrogens (tertiary/aromatic N) is 2. The molecule has 3 heterocycles. The normalized spacial score (nSPS) is 18.0. The predicted molar refractivity (Wildman–Crippen MR) is 90.6 cm³/mol. The van der Waals surface area contributed by atoms with Gasteiger partial charge in [0.15, 0.2) is 5.78 Å². The molecule has 120 valence electrons. The van der Waals surface area contributed by atoms with E-state index in [1.54, 1.807) is 13.1 Å². The third-order valence-corrected chi connectivity index (χ3v) is 5.33. The number of pyridine rings is 1. The van der Waals surface area contributed by atoms with Gasteiger partial charge in [-0.3, -0.25) is 14.6 Å². The van der Waals surface area contributed by atoms with Gasteiger partial charge in [-0.1, -0.05) is 6.07 Å². The molecule has 1 amide bonds. The average Bonchev–Trinajstić information content (AvgIpc) is 3.04. The number of hydrogen-bond donors (Lipinski definition) is 0. The maximum Gasteiger partial charge on any atom is 0.227 e. The molecular weight excluding hydrogens is 308 g/mol. The highest BCUT2D eigenvalue weighted by atomic mass is 32.1. The molecule has 4 nitrogen and oxygen atoms in total. The SMILES string of the molecule is CC(=O)c1cc(CC(=O)N2CCCC[C@H]2c2cccnc2)cs1. The van der Waals surface area contributed by atoms with Crippen molar-refractivity contribution < 1.29 is 9.59 Å². The lowest BCUT2D eigenvalue weighted by molar-refractivity contribution is -0.134. The Bertz CT molecular complexity index is 696. The fraction of sp³-hybridized carbons (Fsp3) is 0.389. The summed E-state index contributed by atoms with van der Waals surface area (Å²) in [6.07, 6.45) is 7.14. The van der Waals surface area contributed by atoms with Gasteiger partial charge in [0, 0.05) is 18.9 Å². The molecule has 0 aromatic carbocycles. The van der Waals surface area contributed by atoms with Crippen LogP contribution >= 0.6 is 11.3 Å². The smallest absolute Gasteiger partial charge is 0.227 e. The van der Waals surface area contributed by atoms with Crippen molar-refractivity contribution in [3.05, 3.63) is 52.0 Å².